The minimum absolute atomic E-state index is 0.0859. The van der Waals surface area contributed by atoms with E-state index < -0.39 is 6.10 Å². The van der Waals surface area contributed by atoms with Gasteiger partial charge in [-0.05, 0) is 18.2 Å². The molecule has 2 aromatic carbocycles. The number of rotatable bonds is 2. The first-order chi connectivity index (χ1) is 9.59. The van der Waals surface area contributed by atoms with Crippen LogP contribution < -0.4 is 0 Å². The van der Waals surface area contributed by atoms with E-state index in [4.69, 9.17) is 23.2 Å². The van der Waals surface area contributed by atoms with E-state index in [2.05, 4.69) is 4.98 Å². The van der Waals surface area contributed by atoms with Gasteiger partial charge in [0, 0.05) is 28.2 Å². The van der Waals surface area contributed by atoms with Crippen LogP contribution in [0.5, 0.6) is 5.75 Å². The van der Waals surface area contributed by atoms with Crippen molar-refractivity contribution in [2.24, 2.45) is 0 Å². The average Bonchev–Trinajstić information content (AvgIpc) is 2.87. The zero-order valence-electron chi connectivity index (χ0n) is 10.3. The molecule has 3 nitrogen and oxygen atoms in total. The largest absolute Gasteiger partial charge is 0.508 e. The number of hydrogen-bond donors (Lipinski definition) is 3. The number of nitrogens with one attached hydrogen (secondary N) is 1. The van der Waals surface area contributed by atoms with Gasteiger partial charge in [0.2, 0.25) is 0 Å². The van der Waals surface area contributed by atoms with Crippen molar-refractivity contribution in [3.63, 3.8) is 0 Å². The summed E-state index contributed by atoms with van der Waals surface area (Å²) in [4.78, 5) is 3.07. The van der Waals surface area contributed by atoms with E-state index in [0.29, 0.717) is 10.6 Å². The summed E-state index contributed by atoms with van der Waals surface area (Å²) in [7, 11) is 0. The lowest BCUT2D eigenvalue weighted by Crippen LogP contribution is -2.00. The SMILES string of the molecule is Oc1ccc(Cl)c(Cl)c1C(O)c1c[nH]c2ccccc12. The normalized spacial score (nSPS) is 12.8. The van der Waals surface area contributed by atoms with Crippen molar-refractivity contribution in [2.75, 3.05) is 0 Å². The fourth-order valence-electron chi connectivity index (χ4n) is 2.29. The van der Waals surface area contributed by atoms with Gasteiger partial charge in [-0.25, -0.2) is 0 Å². The second-order valence-electron chi connectivity index (χ2n) is 4.49. The first kappa shape index (κ1) is 13.3. The highest BCUT2D eigenvalue weighted by Crippen LogP contribution is 2.40. The molecule has 3 rings (SSSR count). The molecule has 0 fully saturated rings. The van der Waals surface area contributed by atoms with Crippen molar-refractivity contribution < 1.29 is 10.2 Å². The van der Waals surface area contributed by atoms with Crippen LogP contribution in [0.4, 0.5) is 0 Å². The number of aliphatic hydroxyl groups is 1. The number of aromatic hydroxyl groups is 1. The molecule has 0 bridgehead atoms. The van der Waals surface area contributed by atoms with Crippen LogP contribution in [-0.4, -0.2) is 15.2 Å². The Labute approximate surface area is 125 Å². The van der Waals surface area contributed by atoms with Crippen molar-refractivity contribution in [3.05, 3.63) is 63.8 Å². The molecule has 1 unspecified atom stereocenters. The van der Waals surface area contributed by atoms with Gasteiger partial charge < -0.3 is 15.2 Å². The number of para-hydroxylation sites is 1. The Hall–Kier alpha value is -1.68. The first-order valence-corrected chi connectivity index (χ1v) is 6.76. The minimum Gasteiger partial charge on any atom is -0.508 e. The summed E-state index contributed by atoms with van der Waals surface area (Å²) in [5, 5.41) is 21.8. The summed E-state index contributed by atoms with van der Waals surface area (Å²) < 4.78 is 0. The van der Waals surface area contributed by atoms with Gasteiger partial charge in [0.05, 0.1) is 10.0 Å². The molecule has 20 heavy (non-hydrogen) atoms. The molecule has 0 saturated carbocycles. The van der Waals surface area contributed by atoms with Crippen LogP contribution in [0, 0.1) is 0 Å². The number of fused-ring (bicyclic) bond motifs is 1. The molecule has 0 spiro atoms. The third-order valence-corrected chi connectivity index (χ3v) is 4.12. The predicted molar refractivity (Wildman–Crippen MR) is 80.5 cm³/mol. The van der Waals surface area contributed by atoms with E-state index in [1.54, 1.807) is 6.20 Å². The summed E-state index contributed by atoms with van der Waals surface area (Å²) in [6.07, 6.45) is 0.642. The van der Waals surface area contributed by atoms with E-state index in [1.165, 1.54) is 12.1 Å². The zero-order valence-corrected chi connectivity index (χ0v) is 11.8. The van der Waals surface area contributed by atoms with Crippen LogP contribution in [0.1, 0.15) is 17.2 Å². The highest BCUT2D eigenvalue weighted by molar-refractivity contribution is 6.42. The molecule has 1 atom stereocenters. The number of aliphatic hydroxyl groups excluding tert-OH is 1. The van der Waals surface area contributed by atoms with Gasteiger partial charge >= 0.3 is 0 Å². The monoisotopic (exact) mass is 307 g/mol. The molecule has 0 amide bonds. The molecule has 3 aromatic rings. The fourth-order valence-corrected chi connectivity index (χ4v) is 2.72. The Morgan fingerprint density at radius 3 is 2.60 bits per heavy atom. The summed E-state index contributed by atoms with van der Waals surface area (Å²) >= 11 is 12.0. The second-order valence-corrected chi connectivity index (χ2v) is 5.27. The summed E-state index contributed by atoms with van der Waals surface area (Å²) in [5.41, 5.74) is 1.75. The van der Waals surface area contributed by atoms with Crippen LogP contribution in [0.15, 0.2) is 42.6 Å². The van der Waals surface area contributed by atoms with E-state index in [-0.39, 0.29) is 16.3 Å². The smallest absolute Gasteiger partial charge is 0.123 e. The number of H-pyrrole nitrogens is 1. The topological polar surface area (TPSA) is 56.2 Å². The maximum atomic E-state index is 10.5. The van der Waals surface area contributed by atoms with Crippen molar-refractivity contribution in [1.82, 2.24) is 4.98 Å². The lowest BCUT2D eigenvalue weighted by atomic mass is 10.00. The first-order valence-electron chi connectivity index (χ1n) is 6.00. The number of hydrogen-bond acceptors (Lipinski definition) is 2. The number of benzene rings is 2. The van der Waals surface area contributed by atoms with E-state index >= 15 is 0 Å². The second kappa shape index (κ2) is 5.02. The lowest BCUT2D eigenvalue weighted by molar-refractivity contribution is 0.217. The Balaban J connectivity index is 2.18. The molecule has 0 aliphatic carbocycles. The highest BCUT2D eigenvalue weighted by Gasteiger charge is 2.22. The van der Waals surface area contributed by atoms with E-state index in [0.717, 1.165) is 10.9 Å². The van der Waals surface area contributed by atoms with Crippen molar-refractivity contribution in [3.8, 4) is 5.75 Å². The van der Waals surface area contributed by atoms with Crippen LogP contribution in [-0.2, 0) is 0 Å². The van der Waals surface area contributed by atoms with Gasteiger partial charge in [0.25, 0.3) is 0 Å². The third-order valence-electron chi connectivity index (χ3n) is 3.30. The van der Waals surface area contributed by atoms with Gasteiger partial charge in [-0.2, -0.15) is 0 Å². The standard InChI is InChI=1S/C15H11Cl2NO2/c16-10-5-6-12(19)13(14(10)17)15(20)9-7-18-11-4-2-1-3-8(9)11/h1-7,15,18-20H. The van der Waals surface area contributed by atoms with E-state index in [1.807, 2.05) is 24.3 Å². The van der Waals surface area contributed by atoms with Crippen LogP contribution >= 0.6 is 23.2 Å². The molecule has 0 radical (unpaired) electrons. The predicted octanol–water partition coefficient (Wildman–Crippen LogP) is 4.26. The Kier molecular flexibility index (Phi) is 3.34. The van der Waals surface area contributed by atoms with Gasteiger partial charge in [-0.15, -0.1) is 0 Å². The molecule has 3 N–H and O–H groups in total. The number of aromatic amines is 1. The molecule has 102 valence electrons. The number of halogens is 2. The van der Waals surface area contributed by atoms with Crippen molar-refractivity contribution in [2.45, 2.75) is 6.10 Å². The lowest BCUT2D eigenvalue weighted by Gasteiger charge is -2.14. The fraction of sp³-hybridized carbons (Fsp3) is 0.0667. The third kappa shape index (κ3) is 2.04. The van der Waals surface area contributed by atoms with Gasteiger partial charge in [0.15, 0.2) is 0 Å². The maximum Gasteiger partial charge on any atom is 0.123 e. The molecule has 1 aromatic heterocycles. The Morgan fingerprint density at radius 2 is 1.80 bits per heavy atom. The van der Waals surface area contributed by atoms with Crippen LogP contribution in [0.25, 0.3) is 10.9 Å². The van der Waals surface area contributed by atoms with Gasteiger partial charge in [-0.1, -0.05) is 41.4 Å². The molecular formula is C15H11Cl2NO2. The molecule has 5 heteroatoms. The van der Waals surface area contributed by atoms with Gasteiger partial charge in [-0.3, -0.25) is 0 Å². The number of aromatic nitrogens is 1. The molecule has 0 saturated heterocycles. The summed E-state index contributed by atoms with van der Waals surface area (Å²) in [6, 6.07) is 10.5. The molecule has 1 heterocycles. The van der Waals surface area contributed by atoms with Crippen molar-refractivity contribution in [1.29, 1.82) is 0 Å². The Bertz CT molecular complexity index is 783. The maximum absolute atomic E-state index is 10.5. The van der Waals surface area contributed by atoms with Gasteiger partial charge in [0.1, 0.15) is 11.9 Å². The quantitative estimate of drug-likeness (QED) is 0.662. The molecule has 0 aliphatic heterocycles. The average molecular weight is 308 g/mol. The molecule has 0 aliphatic rings. The summed E-state index contributed by atoms with van der Waals surface area (Å²) in [6.45, 7) is 0. The summed E-state index contributed by atoms with van der Waals surface area (Å²) in [5.74, 6) is -0.0859. The molecular weight excluding hydrogens is 297 g/mol. The van der Waals surface area contributed by atoms with Crippen LogP contribution in [0.3, 0.4) is 0 Å². The number of phenols is 1. The van der Waals surface area contributed by atoms with E-state index in [9.17, 15) is 10.2 Å². The minimum atomic E-state index is -1.06. The van der Waals surface area contributed by atoms with Crippen molar-refractivity contribution >= 4 is 34.1 Å². The number of phenolic OH excluding ortho intramolecular Hbond substituents is 1. The highest BCUT2D eigenvalue weighted by atomic mass is 35.5. The van der Waals surface area contributed by atoms with Crippen LogP contribution in [0.2, 0.25) is 10.0 Å². The Morgan fingerprint density at radius 1 is 1.05 bits per heavy atom. The zero-order chi connectivity index (χ0) is 14.3.